The molecule has 1 heterocycles. The smallest absolute Gasteiger partial charge is 0.310 e. The number of sulfonamides is 1. The highest BCUT2D eigenvalue weighted by molar-refractivity contribution is 7.89. The van der Waals surface area contributed by atoms with Crippen LogP contribution >= 0.6 is 0 Å². The van der Waals surface area contributed by atoms with Crippen molar-refractivity contribution in [3.8, 4) is 17.2 Å². The van der Waals surface area contributed by atoms with Gasteiger partial charge in [0.05, 0.1) is 29.6 Å². The molecule has 38 heavy (non-hydrogen) atoms. The third-order valence-corrected chi connectivity index (χ3v) is 8.45. The van der Waals surface area contributed by atoms with Gasteiger partial charge in [0.1, 0.15) is 0 Å². The average molecular weight is 532 g/mol. The number of hydrogen-bond acceptors (Lipinski definition) is 6. The first kappa shape index (κ1) is 27.5. The number of ether oxygens (including phenoxy) is 1. The van der Waals surface area contributed by atoms with Crippen molar-refractivity contribution in [3.05, 3.63) is 89.5 Å². The van der Waals surface area contributed by atoms with Crippen molar-refractivity contribution < 1.29 is 17.9 Å². The number of hydrogen-bond donors (Lipinski definition) is 1. The summed E-state index contributed by atoms with van der Waals surface area (Å²) in [4.78, 5) is 15.0. The molecule has 4 rings (SSSR count). The van der Waals surface area contributed by atoms with Crippen molar-refractivity contribution in [2.24, 2.45) is 5.92 Å². The minimum atomic E-state index is -3.70. The molecule has 198 valence electrons. The van der Waals surface area contributed by atoms with Crippen LogP contribution in [-0.4, -0.2) is 45.0 Å². The molecular weight excluding hydrogens is 498 g/mol. The third-order valence-electron chi connectivity index (χ3n) is 6.63. The van der Waals surface area contributed by atoms with Crippen LogP contribution < -0.4 is 4.72 Å². The summed E-state index contributed by atoms with van der Waals surface area (Å²) < 4.78 is 34.0. The van der Waals surface area contributed by atoms with Gasteiger partial charge in [-0.05, 0) is 55.7 Å². The van der Waals surface area contributed by atoms with E-state index in [1.54, 1.807) is 18.2 Å². The first-order valence-corrected chi connectivity index (χ1v) is 14.0. The Labute approximate surface area is 225 Å². The highest BCUT2D eigenvalue weighted by Gasteiger charge is 2.39. The van der Waals surface area contributed by atoms with E-state index in [0.717, 1.165) is 16.7 Å². The van der Waals surface area contributed by atoms with Gasteiger partial charge in [-0.1, -0.05) is 54.6 Å². The SMILES string of the molecule is COC(=O)[C@H]1CN(Cc2ccc(-c3ccccc3S(=O)(=O)NC(C)(C)C)cc2)C[C@@H]1c1cccc(C#N)c1. The van der Waals surface area contributed by atoms with Crippen molar-refractivity contribution in [1.82, 2.24) is 9.62 Å². The fourth-order valence-corrected chi connectivity index (χ4v) is 6.68. The van der Waals surface area contributed by atoms with Crippen LogP contribution in [0.15, 0.2) is 77.7 Å². The molecule has 0 aromatic heterocycles. The summed E-state index contributed by atoms with van der Waals surface area (Å²) in [5.41, 5.74) is 3.43. The Morgan fingerprint density at radius 1 is 1.05 bits per heavy atom. The van der Waals surface area contributed by atoms with E-state index in [9.17, 15) is 18.5 Å². The first-order chi connectivity index (χ1) is 18.0. The Morgan fingerprint density at radius 3 is 2.42 bits per heavy atom. The monoisotopic (exact) mass is 531 g/mol. The Morgan fingerprint density at radius 2 is 1.76 bits per heavy atom. The maximum Gasteiger partial charge on any atom is 0.310 e. The maximum atomic E-state index is 13.1. The van der Waals surface area contributed by atoms with Crippen LogP contribution in [0.5, 0.6) is 0 Å². The molecule has 0 bridgehead atoms. The molecule has 3 aromatic carbocycles. The highest BCUT2D eigenvalue weighted by atomic mass is 32.2. The number of esters is 1. The minimum Gasteiger partial charge on any atom is -0.469 e. The van der Waals surface area contributed by atoms with Gasteiger partial charge < -0.3 is 4.74 Å². The summed E-state index contributed by atoms with van der Waals surface area (Å²) in [7, 11) is -2.30. The molecule has 8 heteroatoms. The van der Waals surface area contributed by atoms with E-state index in [-0.39, 0.29) is 22.7 Å². The van der Waals surface area contributed by atoms with E-state index in [1.165, 1.54) is 7.11 Å². The topological polar surface area (TPSA) is 99.5 Å². The van der Waals surface area contributed by atoms with Crippen LogP contribution in [0.3, 0.4) is 0 Å². The number of benzene rings is 3. The van der Waals surface area contributed by atoms with Crippen LogP contribution in [0.2, 0.25) is 0 Å². The molecule has 1 fully saturated rings. The second-order valence-electron chi connectivity index (χ2n) is 10.7. The fraction of sp³-hybridized carbons (Fsp3) is 0.333. The number of nitrogens with zero attached hydrogens (tertiary/aromatic N) is 2. The zero-order valence-corrected chi connectivity index (χ0v) is 23.0. The summed E-state index contributed by atoms with van der Waals surface area (Å²) in [5, 5.41) is 9.30. The Bertz CT molecular complexity index is 1450. The lowest BCUT2D eigenvalue weighted by Gasteiger charge is -2.21. The van der Waals surface area contributed by atoms with Crippen molar-refractivity contribution in [2.45, 2.75) is 43.7 Å². The zero-order valence-electron chi connectivity index (χ0n) is 22.1. The summed E-state index contributed by atoms with van der Waals surface area (Å²) in [6, 6.07) is 24.4. The first-order valence-electron chi connectivity index (χ1n) is 12.5. The van der Waals surface area contributed by atoms with E-state index in [2.05, 4.69) is 15.7 Å². The van der Waals surface area contributed by atoms with Crippen molar-refractivity contribution in [3.63, 3.8) is 0 Å². The van der Waals surface area contributed by atoms with E-state index in [0.29, 0.717) is 30.8 Å². The molecule has 7 nitrogen and oxygen atoms in total. The van der Waals surface area contributed by atoms with Crippen LogP contribution in [-0.2, 0) is 26.1 Å². The molecular formula is C30H33N3O4S. The number of carbonyl (C=O) groups is 1. The van der Waals surface area contributed by atoms with Gasteiger partial charge in [0.25, 0.3) is 0 Å². The predicted molar refractivity (Wildman–Crippen MR) is 147 cm³/mol. The van der Waals surface area contributed by atoms with Gasteiger partial charge in [-0.15, -0.1) is 0 Å². The third kappa shape index (κ3) is 6.30. The normalized spacial score (nSPS) is 18.2. The van der Waals surface area contributed by atoms with Crippen LogP contribution in [0.4, 0.5) is 0 Å². The molecule has 3 aromatic rings. The molecule has 0 radical (unpaired) electrons. The van der Waals surface area contributed by atoms with Gasteiger partial charge >= 0.3 is 5.97 Å². The van der Waals surface area contributed by atoms with Gasteiger partial charge in [0.15, 0.2) is 0 Å². The average Bonchev–Trinajstić information content (AvgIpc) is 3.31. The van der Waals surface area contributed by atoms with Gasteiger partial charge in [-0.2, -0.15) is 5.26 Å². The summed E-state index contributed by atoms with van der Waals surface area (Å²) >= 11 is 0. The van der Waals surface area contributed by atoms with Gasteiger partial charge in [0, 0.05) is 36.7 Å². The lowest BCUT2D eigenvalue weighted by atomic mass is 9.88. The quantitative estimate of drug-likeness (QED) is 0.444. The second-order valence-corrected chi connectivity index (χ2v) is 12.4. The molecule has 1 aliphatic rings. The van der Waals surface area contributed by atoms with Crippen molar-refractivity contribution in [2.75, 3.05) is 20.2 Å². The second kappa shape index (κ2) is 11.1. The number of methoxy groups -OCH3 is 1. The summed E-state index contributed by atoms with van der Waals surface area (Å²) in [6.45, 7) is 7.29. The van der Waals surface area contributed by atoms with Crippen LogP contribution in [0, 0.1) is 17.2 Å². The lowest BCUT2D eigenvalue weighted by molar-refractivity contribution is -0.145. The number of nitriles is 1. The fourth-order valence-electron chi connectivity index (χ4n) is 5.03. The Balaban J connectivity index is 1.54. The molecule has 0 saturated carbocycles. The summed E-state index contributed by atoms with van der Waals surface area (Å²) in [6.07, 6.45) is 0. The van der Waals surface area contributed by atoms with Crippen LogP contribution in [0.1, 0.15) is 43.4 Å². The molecule has 2 atom stereocenters. The van der Waals surface area contributed by atoms with Gasteiger partial charge in [0.2, 0.25) is 10.0 Å². The number of likely N-dealkylation sites (tertiary alicyclic amines) is 1. The van der Waals surface area contributed by atoms with E-state index in [1.807, 2.05) is 75.4 Å². The number of carbonyl (C=O) groups excluding carboxylic acids is 1. The lowest BCUT2D eigenvalue weighted by Crippen LogP contribution is -2.40. The molecule has 0 amide bonds. The molecule has 0 unspecified atom stereocenters. The van der Waals surface area contributed by atoms with E-state index in [4.69, 9.17) is 4.74 Å². The summed E-state index contributed by atoms with van der Waals surface area (Å²) in [5.74, 6) is -0.639. The Hall–Kier alpha value is -3.51. The maximum absolute atomic E-state index is 13.1. The molecule has 1 saturated heterocycles. The molecule has 0 aliphatic carbocycles. The zero-order chi connectivity index (χ0) is 27.5. The molecule has 1 aliphatic heterocycles. The van der Waals surface area contributed by atoms with E-state index >= 15 is 0 Å². The molecule has 0 spiro atoms. The number of nitrogens with one attached hydrogen (secondary N) is 1. The Kier molecular flexibility index (Phi) is 8.02. The van der Waals surface area contributed by atoms with Gasteiger partial charge in [-0.3, -0.25) is 9.69 Å². The number of rotatable bonds is 7. The van der Waals surface area contributed by atoms with Crippen molar-refractivity contribution in [1.29, 1.82) is 5.26 Å². The largest absolute Gasteiger partial charge is 0.469 e. The highest BCUT2D eigenvalue weighted by Crippen LogP contribution is 2.35. The molecule has 1 N–H and O–H groups in total. The minimum absolute atomic E-state index is 0.0672. The van der Waals surface area contributed by atoms with Gasteiger partial charge in [-0.25, -0.2) is 13.1 Å². The van der Waals surface area contributed by atoms with E-state index < -0.39 is 15.6 Å². The van der Waals surface area contributed by atoms with Crippen molar-refractivity contribution >= 4 is 16.0 Å². The van der Waals surface area contributed by atoms with Crippen LogP contribution in [0.25, 0.3) is 11.1 Å². The standard InChI is InChI=1S/C30H33N3O4S/c1-30(2,3)32-38(35,36)28-11-6-5-10-25(28)23-14-12-21(13-15-23)18-33-19-26(27(20-33)29(34)37-4)24-9-7-8-22(16-24)17-31/h5-16,26-27,32H,18-20H2,1-4H3/t26-,27+/m1/s1. The predicted octanol–water partition coefficient (Wildman–Crippen LogP) is 4.69.